The molecule has 0 fully saturated rings. The van der Waals surface area contributed by atoms with Crippen LogP contribution in [0.2, 0.25) is 5.02 Å². The third kappa shape index (κ3) is 2.31. The van der Waals surface area contributed by atoms with Crippen molar-refractivity contribution in [1.82, 2.24) is 0 Å². The van der Waals surface area contributed by atoms with E-state index in [2.05, 4.69) is 0 Å². The molecule has 88 valence electrons. The number of benzene rings is 1. The van der Waals surface area contributed by atoms with Crippen LogP contribution in [0, 0.1) is 11.6 Å². The lowest BCUT2D eigenvalue weighted by molar-refractivity contribution is 0.0981. The van der Waals surface area contributed by atoms with Gasteiger partial charge in [0.15, 0.2) is 17.3 Å². The Kier molecular flexibility index (Phi) is 4.20. The molecule has 1 aromatic carbocycles. The van der Waals surface area contributed by atoms with Crippen molar-refractivity contribution < 1.29 is 18.3 Å². The summed E-state index contributed by atoms with van der Waals surface area (Å²) in [6.07, 6.45) is -0.0170. The van der Waals surface area contributed by atoms with Crippen molar-refractivity contribution in [3.05, 3.63) is 28.3 Å². The highest BCUT2D eigenvalue weighted by Gasteiger charge is 2.21. The topological polar surface area (TPSA) is 52.3 Å². The maximum atomic E-state index is 13.4. The summed E-state index contributed by atoms with van der Waals surface area (Å²) in [4.78, 5) is 11.5. The lowest BCUT2D eigenvalue weighted by Crippen LogP contribution is -2.11. The van der Waals surface area contributed by atoms with E-state index < -0.39 is 22.4 Å². The van der Waals surface area contributed by atoms with Crippen molar-refractivity contribution in [2.75, 3.05) is 13.7 Å². The minimum Gasteiger partial charge on any atom is -0.493 e. The van der Waals surface area contributed by atoms with E-state index in [0.29, 0.717) is 0 Å². The zero-order valence-electron chi connectivity index (χ0n) is 8.52. The zero-order chi connectivity index (χ0) is 12.3. The van der Waals surface area contributed by atoms with Crippen molar-refractivity contribution in [2.24, 2.45) is 5.73 Å². The van der Waals surface area contributed by atoms with Gasteiger partial charge in [0.05, 0.1) is 12.7 Å². The summed E-state index contributed by atoms with van der Waals surface area (Å²) in [6.45, 7) is 0.0911. The first-order valence-electron chi connectivity index (χ1n) is 4.47. The predicted octanol–water partition coefficient (Wildman–Crippen LogP) is 2.16. The first-order chi connectivity index (χ1) is 7.52. The standard InChI is InChI=1S/C10H10ClF2NO2/c1-16-10-5(7(15)2-3-14)4-6(12)8(11)9(10)13/h4H,2-3,14H2,1H3. The van der Waals surface area contributed by atoms with Crippen LogP contribution in [0.4, 0.5) is 8.78 Å². The summed E-state index contributed by atoms with van der Waals surface area (Å²) in [7, 11) is 1.17. The summed E-state index contributed by atoms with van der Waals surface area (Å²) in [5.41, 5.74) is 5.00. The summed E-state index contributed by atoms with van der Waals surface area (Å²) in [5.74, 6) is -2.93. The molecular weight excluding hydrogens is 240 g/mol. The van der Waals surface area contributed by atoms with Crippen LogP contribution in [0.25, 0.3) is 0 Å². The molecule has 0 saturated heterocycles. The molecular formula is C10H10ClF2NO2. The Hall–Kier alpha value is -1.20. The van der Waals surface area contributed by atoms with Crippen LogP contribution in [0.15, 0.2) is 6.07 Å². The number of carbonyl (C=O) groups is 1. The first-order valence-corrected chi connectivity index (χ1v) is 4.85. The molecule has 0 aliphatic carbocycles. The van der Waals surface area contributed by atoms with Gasteiger partial charge in [-0.25, -0.2) is 8.78 Å². The highest BCUT2D eigenvalue weighted by atomic mass is 35.5. The maximum absolute atomic E-state index is 13.4. The third-order valence-corrected chi connectivity index (χ3v) is 2.34. The molecule has 0 radical (unpaired) electrons. The van der Waals surface area contributed by atoms with Crippen LogP contribution in [0.5, 0.6) is 5.75 Å². The quantitative estimate of drug-likeness (QED) is 0.657. The Morgan fingerprint density at radius 3 is 2.69 bits per heavy atom. The summed E-state index contributed by atoms with van der Waals surface area (Å²) in [5, 5.41) is -0.693. The molecule has 1 aromatic rings. The first kappa shape index (κ1) is 12.9. The summed E-state index contributed by atoms with van der Waals surface area (Å²) >= 11 is 5.35. The van der Waals surface area contributed by atoms with Gasteiger partial charge in [-0.1, -0.05) is 11.6 Å². The van der Waals surface area contributed by atoms with E-state index in [1.165, 1.54) is 7.11 Å². The van der Waals surface area contributed by atoms with Crippen molar-refractivity contribution in [3.63, 3.8) is 0 Å². The van der Waals surface area contributed by atoms with Gasteiger partial charge in [0.25, 0.3) is 0 Å². The van der Waals surface area contributed by atoms with Crippen LogP contribution < -0.4 is 10.5 Å². The molecule has 0 amide bonds. The predicted molar refractivity (Wildman–Crippen MR) is 55.9 cm³/mol. The Morgan fingerprint density at radius 2 is 2.19 bits per heavy atom. The average Bonchev–Trinajstić information content (AvgIpc) is 2.26. The molecule has 6 heteroatoms. The lowest BCUT2D eigenvalue weighted by Gasteiger charge is -2.10. The van der Waals surface area contributed by atoms with Crippen LogP contribution in [0.1, 0.15) is 16.8 Å². The van der Waals surface area contributed by atoms with E-state index in [1.54, 1.807) is 0 Å². The maximum Gasteiger partial charge on any atom is 0.187 e. The Bertz CT molecular complexity index is 424. The van der Waals surface area contributed by atoms with Crippen molar-refractivity contribution >= 4 is 17.4 Å². The second-order valence-electron chi connectivity index (χ2n) is 3.03. The number of rotatable bonds is 4. The molecule has 1 rings (SSSR count). The third-order valence-electron chi connectivity index (χ3n) is 1.99. The second-order valence-corrected chi connectivity index (χ2v) is 3.41. The second kappa shape index (κ2) is 5.23. The molecule has 0 spiro atoms. The van der Waals surface area contributed by atoms with Gasteiger partial charge in [-0.15, -0.1) is 0 Å². The number of hydrogen-bond donors (Lipinski definition) is 1. The number of nitrogens with two attached hydrogens (primary N) is 1. The number of carbonyl (C=O) groups excluding carboxylic acids is 1. The van der Waals surface area contributed by atoms with Gasteiger partial charge >= 0.3 is 0 Å². The van der Waals surface area contributed by atoms with Gasteiger partial charge in [0.2, 0.25) is 0 Å². The van der Waals surface area contributed by atoms with Crippen molar-refractivity contribution in [2.45, 2.75) is 6.42 Å². The number of methoxy groups -OCH3 is 1. The fourth-order valence-electron chi connectivity index (χ4n) is 1.25. The summed E-state index contributed by atoms with van der Waals surface area (Å²) in [6, 6.07) is 0.849. The fourth-order valence-corrected chi connectivity index (χ4v) is 1.39. The van der Waals surface area contributed by atoms with E-state index in [-0.39, 0.29) is 24.3 Å². The van der Waals surface area contributed by atoms with E-state index in [9.17, 15) is 13.6 Å². The van der Waals surface area contributed by atoms with E-state index in [0.717, 1.165) is 6.07 Å². The molecule has 0 aromatic heterocycles. The van der Waals surface area contributed by atoms with E-state index in [4.69, 9.17) is 22.1 Å². The van der Waals surface area contributed by atoms with Gasteiger partial charge in [0, 0.05) is 6.42 Å². The number of halogens is 3. The van der Waals surface area contributed by atoms with Gasteiger partial charge in [-0.05, 0) is 12.6 Å². The smallest absolute Gasteiger partial charge is 0.187 e. The van der Waals surface area contributed by atoms with Crippen molar-refractivity contribution in [3.8, 4) is 5.75 Å². The van der Waals surface area contributed by atoms with E-state index in [1.807, 2.05) is 0 Å². The monoisotopic (exact) mass is 249 g/mol. The fraction of sp³-hybridized carbons (Fsp3) is 0.300. The molecule has 0 unspecified atom stereocenters. The Labute approximate surface area is 96.1 Å². The van der Waals surface area contributed by atoms with Gasteiger partial charge in [-0.3, -0.25) is 4.79 Å². The van der Waals surface area contributed by atoms with Crippen LogP contribution in [0.3, 0.4) is 0 Å². The number of ether oxygens (including phenoxy) is 1. The number of hydrogen-bond acceptors (Lipinski definition) is 3. The molecule has 3 nitrogen and oxygen atoms in total. The van der Waals surface area contributed by atoms with Crippen LogP contribution in [-0.2, 0) is 0 Å². The van der Waals surface area contributed by atoms with Crippen LogP contribution in [-0.4, -0.2) is 19.4 Å². The molecule has 0 aliphatic rings. The number of Topliss-reactive ketones (excluding diaryl/α,β-unsaturated/α-hetero) is 1. The SMILES string of the molecule is COc1c(C(=O)CCN)cc(F)c(Cl)c1F. The molecule has 0 heterocycles. The highest BCUT2D eigenvalue weighted by molar-refractivity contribution is 6.31. The largest absolute Gasteiger partial charge is 0.493 e. The normalized spacial score (nSPS) is 10.3. The Balaban J connectivity index is 3.33. The molecule has 16 heavy (non-hydrogen) atoms. The van der Waals surface area contributed by atoms with Crippen LogP contribution >= 0.6 is 11.6 Å². The average molecular weight is 250 g/mol. The van der Waals surface area contributed by atoms with E-state index >= 15 is 0 Å². The van der Waals surface area contributed by atoms with Gasteiger partial charge < -0.3 is 10.5 Å². The molecule has 2 N–H and O–H groups in total. The molecule has 0 aliphatic heterocycles. The molecule has 0 atom stereocenters. The number of ketones is 1. The minimum absolute atomic E-state index is 0.0170. The minimum atomic E-state index is -1.08. The molecule has 0 bridgehead atoms. The highest BCUT2D eigenvalue weighted by Crippen LogP contribution is 2.31. The van der Waals surface area contributed by atoms with Gasteiger partial charge in [-0.2, -0.15) is 0 Å². The molecule has 0 saturated carbocycles. The Morgan fingerprint density at radius 1 is 1.56 bits per heavy atom. The zero-order valence-corrected chi connectivity index (χ0v) is 9.28. The lowest BCUT2D eigenvalue weighted by atomic mass is 10.1. The van der Waals surface area contributed by atoms with Gasteiger partial charge in [0.1, 0.15) is 10.8 Å². The van der Waals surface area contributed by atoms with Crippen molar-refractivity contribution in [1.29, 1.82) is 0 Å². The summed E-state index contributed by atoms with van der Waals surface area (Å²) < 4.78 is 31.3.